The Morgan fingerprint density at radius 2 is 2.41 bits per heavy atom. The van der Waals surface area contributed by atoms with Crippen molar-refractivity contribution in [2.45, 2.75) is 18.9 Å². The summed E-state index contributed by atoms with van der Waals surface area (Å²) in [5.41, 5.74) is 1.27. The topological polar surface area (TPSA) is 91.0 Å². The number of oxazole rings is 1. The molecule has 0 bridgehead atoms. The van der Waals surface area contributed by atoms with Gasteiger partial charge in [0.15, 0.2) is 17.8 Å². The number of nitrogens with one attached hydrogen (secondary N) is 2. The molecule has 1 aromatic heterocycles. The van der Waals surface area contributed by atoms with E-state index in [-0.39, 0.29) is 17.6 Å². The molecule has 1 fully saturated rings. The zero-order valence-corrected chi connectivity index (χ0v) is 13.2. The number of carbonyl (C=O) groups excluding carboxylic acids is 1. The largest absolute Gasteiger partial charge is 0.446 e. The number of anilines is 1. The molecular weight excluding hydrogens is 348 g/mol. The molecule has 0 saturated carbocycles. The number of rotatable bonds is 3. The van der Waals surface area contributed by atoms with Gasteiger partial charge in [-0.3, -0.25) is 4.79 Å². The first-order valence-electron chi connectivity index (χ1n) is 6.87. The van der Waals surface area contributed by atoms with Crippen LogP contribution in [0.2, 0.25) is 0 Å². The molecule has 7 heteroatoms. The summed E-state index contributed by atoms with van der Waals surface area (Å²) in [6, 6.07) is 7.13. The second kappa shape index (κ2) is 6.30. The molecule has 2 aromatic rings. The Hall–Kier alpha value is -2.17. The lowest BCUT2D eigenvalue weighted by Gasteiger charge is -2.09. The third-order valence-corrected chi connectivity index (χ3v) is 4.22. The molecule has 3 rings (SSSR count). The predicted octanol–water partition coefficient (Wildman–Crippen LogP) is 2.99. The van der Waals surface area contributed by atoms with Gasteiger partial charge in [-0.05, 0) is 53.5 Å². The van der Waals surface area contributed by atoms with Crippen LogP contribution in [0.15, 0.2) is 33.5 Å². The van der Waals surface area contributed by atoms with Crippen LogP contribution in [0.4, 0.5) is 5.69 Å². The van der Waals surface area contributed by atoms with Crippen molar-refractivity contribution in [1.29, 1.82) is 5.26 Å². The molecule has 0 radical (unpaired) electrons. The minimum Gasteiger partial charge on any atom is -0.446 e. The molecular formula is C15H13BrN4O2. The van der Waals surface area contributed by atoms with Crippen LogP contribution in [0.5, 0.6) is 0 Å². The molecule has 6 nitrogen and oxygen atoms in total. The Morgan fingerprint density at radius 1 is 1.55 bits per heavy atom. The number of nitrogens with zero attached hydrogens (tertiary/aromatic N) is 2. The van der Waals surface area contributed by atoms with Crippen molar-refractivity contribution in [1.82, 2.24) is 10.3 Å². The zero-order valence-electron chi connectivity index (χ0n) is 11.6. The molecule has 22 heavy (non-hydrogen) atoms. The number of hydrogen-bond acceptors (Lipinski definition) is 5. The summed E-state index contributed by atoms with van der Waals surface area (Å²) < 4.78 is 6.06. The third-order valence-electron chi connectivity index (χ3n) is 3.53. The SMILES string of the molecule is N#Cc1cc(NC(=O)c2ncoc2C2CCCN2)ccc1Br. The summed E-state index contributed by atoms with van der Waals surface area (Å²) in [5, 5.41) is 15.1. The van der Waals surface area contributed by atoms with E-state index in [9.17, 15) is 4.79 Å². The van der Waals surface area contributed by atoms with Crippen LogP contribution in [0.3, 0.4) is 0 Å². The normalized spacial score (nSPS) is 17.2. The maximum atomic E-state index is 12.4. The number of benzene rings is 1. The fraction of sp³-hybridized carbons (Fsp3) is 0.267. The van der Waals surface area contributed by atoms with Crippen LogP contribution >= 0.6 is 15.9 Å². The van der Waals surface area contributed by atoms with Crippen LogP contribution < -0.4 is 10.6 Å². The molecule has 112 valence electrons. The molecule has 2 N–H and O–H groups in total. The fourth-order valence-corrected chi connectivity index (χ4v) is 2.80. The lowest BCUT2D eigenvalue weighted by atomic mass is 10.1. The average molecular weight is 361 g/mol. The van der Waals surface area contributed by atoms with Crippen LogP contribution in [-0.2, 0) is 0 Å². The number of amides is 1. The molecule has 1 aliphatic rings. The minimum atomic E-state index is -0.344. The van der Waals surface area contributed by atoms with Gasteiger partial charge in [-0.1, -0.05) is 0 Å². The van der Waals surface area contributed by atoms with Crippen molar-refractivity contribution in [3.05, 3.63) is 46.1 Å². The lowest BCUT2D eigenvalue weighted by molar-refractivity contribution is 0.102. The van der Waals surface area contributed by atoms with Gasteiger partial charge >= 0.3 is 0 Å². The van der Waals surface area contributed by atoms with Gasteiger partial charge in [0.2, 0.25) is 0 Å². The highest BCUT2D eigenvalue weighted by atomic mass is 79.9. The van der Waals surface area contributed by atoms with Crippen LogP contribution in [0.1, 0.15) is 40.7 Å². The van der Waals surface area contributed by atoms with E-state index in [0.717, 1.165) is 19.4 Å². The first-order chi connectivity index (χ1) is 10.7. The van der Waals surface area contributed by atoms with Crippen molar-refractivity contribution < 1.29 is 9.21 Å². The summed E-state index contributed by atoms with van der Waals surface area (Å²) in [5.74, 6) is 0.219. The minimum absolute atomic E-state index is 0.0304. The maximum absolute atomic E-state index is 12.4. The summed E-state index contributed by atoms with van der Waals surface area (Å²) in [6.45, 7) is 0.907. The van der Waals surface area contributed by atoms with Gasteiger partial charge in [0.05, 0.1) is 11.6 Å². The van der Waals surface area contributed by atoms with Gasteiger partial charge in [-0.15, -0.1) is 0 Å². The highest BCUT2D eigenvalue weighted by molar-refractivity contribution is 9.10. The molecule has 1 unspecified atom stereocenters. The van der Waals surface area contributed by atoms with Crippen molar-refractivity contribution in [3.63, 3.8) is 0 Å². The summed E-state index contributed by atoms with van der Waals surface area (Å²) in [4.78, 5) is 16.4. The van der Waals surface area contributed by atoms with Gasteiger partial charge in [0.1, 0.15) is 6.07 Å². The van der Waals surface area contributed by atoms with Crippen molar-refractivity contribution in [2.75, 3.05) is 11.9 Å². The quantitative estimate of drug-likeness (QED) is 0.877. The molecule has 1 saturated heterocycles. The molecule has 0 aliphatic carbocycles. The number of aromatic nitrogens is 1. The summed E-state index contributed by atoms with van der Waals surface area (Å²) in [6.07, 6.45) is 3.25. The highest BCUT2D eigenvalue weighted by Gasteiger charge is 2.26. The number of halogens is 1. The Labute approximate surface area is 135 Å². The lowest BCUT2D eigenvalue weighted by Crippen LogP contribution is -2.19. The van der Waals surface area contributed by atoms with Crippen molar-refractivity contribution in [3.8, 4) is 6.07 Å². The first-order valence-corrected chi connectivity index (χ1v) is 7.66. The molecule has 0 spiro atoms. The standard InChI is InChI=1S/C15H13BrN4O2/c16-11-4-3-10(6-9(11)7-17)20-15(21)13-14(22-8-19-13)12-2-1-5-18-12/h3-4,6,8,12,18H,1-2,5H2,(H,20,21). The maximum Gasteiger partial charge on any atom is 0.277 e. The van der Waals surface area contributed by atoms with E-state index >= 15 is 0 Å². The number of hydrogen-bond donors (Lipinski definition) is 2. The second-order valence-corrected chi connectivity index (χ2v) is 5.83. The van der Waals surface area contributed by atoms with E-state index in [1.54, 1.807) is 18.2 Å². The van der Waals surface area contributed by atoms with E-state index in [0.29, 0.717) is 21.5 Å². The molecule has 1 aromatic carbocycles. The average Bonchev–Trinajstić information content (AvgIpc) is 3.19. The first kappa shape index (κ1) is 14.8. The Bertz CT molecular complexity index is 744. The van der Waals surface area contributed by atoms with E-state index in [1.807, 2.05) is 0 Å². The Balaban J connectivity index is 1.81. The fourth-order valence-electron chi connectivity index (χ4n) is 2.46. The van der Waals surface area contributed by atoms with Crippen molar-refractivity contribution in [2.24, 2.45) is 0 Å². The van der Waals surface area contributed by atoms with Crippen LogP contribution in [0, 0.1) is 11.3 Å². The number of nitriles is 1. The van der Waals surface area contributed by atoms with E-state index in [2.05, 4.69) is 37.6 Å². The van der Waals surface area contributed by atoms with Crippen LogP contribution in [-0.4, -0.2) is 17.4 Å². The Kier molecular flexibility index (Phi) is 4.22. The van der Waals surface area contributed by atoms with Gasteiger partial charge in [-0.25, -0.2) is 4.98 Å². The van der Waals surface area contributed by atoms with E-state index < -0.39 is 0 Å². The van der Waals surface area contributed by atoms with Gasteiger partial charge < -0.3 is 15.1 Å². The molecule has 1 amide bonds. The van der Waals surface area contributed by atoms with Crippen LogP contribution in [0.25, 0.3) is 0 Å². The number of carbonyl (C=O) groups is 1. The summed E-state index contributed by atoms with van der Waals surface area (Å²) in [7, 11) is 0. The second-order valence-electron chi connectivity index (χ2n) is 4.97. The Morgan fingerprint density at radius 3 is 3.14 bits per heavy atom. The van der Waals surface area contributed by atoms with Gasteiger partial charge in [0.25, 0.3) is 5.91 Å². The summed E-state index contributed by atoms with van der Waals surface area (Å²) >= 11 is 3.28. The third kappa shape index (κ3) is 2.89. The highest BCUT2D eigenvalue weighted by Crippen LogP contribution is 2.26. The van der Waals surface area contributed by atoms with E-state index in [1.165, 1.54) is 6.39 Å². The monoisotopic (exact) mass is 360 g/mol. The van der Waals surface area contributed by atoms with E-state index in [4.69, 9.17) is 9.68 Å². The molecule has 1 atom stereocenters. The predicted molar refractivity (Wildman–Crippen MR) is 83.3 cm³/mol. The van der Waals surface area contributed by atoms with Crippen molar-refractivity contribution >= 4 is 27.5 Å². The van der Waals surface area contributed by atoms with Gasteiger partial charge in [0, 0.05) is 10.2 Å². The molecule has 1 aliphatic heterocycles. The zero-order chi connectivity index (χ0) is 15.5. The smallest absolute Gasteiger partial charge is 0.277 e. The molecule has 2 heterocycles. The van der Waals surface area contributed by atoms with Gasteiger partial charge in [-0.2, -0.15) is 5.26 Å².